The molecule has 2 fully saturated rings. The van der Waals surface area contributed by atoms with E-state index in [4.69, 9.17) is 9.47 Å². The second kappa shape index (κ2) is 7.79. The average molecular weight is 397 g/mol. The van der Waals surface area contributed by atoms with Gasteiger partial charge in [0.25, 0.3) is 0 Å². The summed E-state index contributed by atoms with van der Waals surface area (Å²) in [5.41, 5.74) is 0.0831. The number of ether oxygens (including phenoxy) is 2. The van der Waals surface area contributed by atoms with E-state index in [0.29, 0.717) is 0 Å². The molecule has 6 nitrogen and oxygen atoms in total. The summed E-state index contributed by atoms with van der Waals surface area (Å²) < 4.78 is 11.2. The Morgan fingerprint density at radius 1 is 0.643 bits per heavy atom. The topological polar surface area (TPSA) is 85.8 Å². The van der Waals surface area contributed by atoms with Crippen LogP contribution in [0.15, 0.2) is 12.2 Å². The van der Waals surface area contributed by atoms with Crippen molar-refractivity contribution in [2.45, 2.75) is 115 Å². The van der Waals surface area contributed by atoms with Gasteiger partial charge in [-0.05, 0) is 55.4 Å². The molecule has 160 valence electrons. The second-order valence-corrected chi connectivity index (χ2v) is 11.5. The van der Waals surface area contributed by atoms with Gasteiger partial charge in [-0.2, -0.15) is 0 Å². The first-order valence-corrected chi connectivity index (χ1v) is 10.4. The molecule has 28 heavy (non-hydrogen) atoms. The van der Waals surface area contributed by atoms with Crippen LogP contribution in [0.2, 0.25) is 0 Å². The van der Waals surface area contributed by atoms with Crippen molar-refractivity contribution in [3.05, 3.63) is 12.2 Å². The van der Waals surface area contributed by atoms with E-state index >= 15 is 0 Å². The van der Waals surface area contributed by atoms with Gasteiger partial charge in [0.05, 0.1) is 22.2 Å². The molecule has 0 unspecified atom stereocenters. The van der Waals surface area contributed by atoms with E-state index < -0.39 is 11.9 Å². The lowest BCUT2D eigenvalue weighted by Gasteiger charge is -2.42. The van der Waals surface area contributed by atoms with Gasteiger partial charge >= 0.3 is 11.9 Å². The second-order valence-electron chi connectivity index (χ2n) is 11.5. The first-order valence-electron chi connectivity index (χ1n) is 10.4. The van der Waals surface area contributed by atoms with E-state index in [-0.39, 0.29) is 34.4 Å². The Hall–Kier alpha value is -1.40. The Balaban J connectivity index is 1.87. The van der Waals surface area contributed by atoms with Gasteiger partial charge in [-0.1, -0.05) is 0 Å². The molecule has 2 heterocycles. The zero-order valence-electron chi connectivity index (χ0n) is 18.9. The molecular formula is C22H40N2O4+2. The minimum Gasteiger partial charge on any atom is -0.459 e. The Kier molecular flexibility index (Phi) is 6.37. The molecule has 0 radical (unpaired) electrons. The summed E-state index contributed by atoms with van der Waals surface area (Å²) in [7, 11) is 0. The maximum atomic E-state index is 12.2. The van der Waals surface area contributed by atoms with Crippen LogP contribution in [-0.4, -0.2) is 46.3 Å². The van der Waals surface area contributed by atoms with Gasteiger partial charge in [-0.25, -0.2) is 9.59 Å². The lowest BCUT2D eigenvalue weighted by molar-refractivity contribution is -0.790. The summed E-state index contributed by atoms with van der Waals surface area (Å²) in [5, 5.41) is 4.67. The Bertz CT molecular complexity index is 548. The fourth-order valence-corrected chi connectivity index (χ4v) is 5.55. The number of hydrogen-bond acceptors (Lipinski definition) is 4. The zero-order valence-corrected chi connectivity index (χ0v) is 18.9. The molecule has 0 aromatic heterocycles. The van der Waals surface area contributed by atoms with Crippen molar-refractivity contribution in [1.29, 1.82) is 0 Å². The fraction of sp³-hybridized carbons (Fsp3) is 0.818. The molecule has 6 heteroatoms. The van der Waals surface area contributed by atoms with E-state index in [1.54, 1.807) is 0 Å². The predicted octanol–water partition coefficient (Wildman–Crippen LogP) is 1.20. The number of quaternary nitrogens is 2. The monoisotopic (exact) mass is 396 g/mol. The summed E-state index contributed by atoms with van der Waals surface area (Å²) >= 11 is 0. The molecule has 0 atom stereocenters. The maximum Gasteiger partial charge on any atom is 0.331 e. The third-order valence-electron chi connectivity index (χ3n) is 5.50. The third kappa shape index (κ3) is 7.21. The number of piperidine rings is 2. The third-order valence-corrected chi connectivity index (χ3v) is 5.50. The normalized spacial score (nSPS) is 26.7. The van der Waals surface area contributed by atoms with Crippen LogP contribution in [0.5, 0.6) is 0 Å². The SMILES string of the molecule is CC1(C)CC(OC(=O)/C=C/C(=O)OC2CC(C)(C)[NH2+]C(C)(C)C2)CC(C)(C)[NH2+]1. The molecule has 2 saturated heterocycles. The number of esters is 2. The summed E-state index contributed by atoms with van der Waals surface area (Å²) in [6, 6.07) is 0. The molecular weight excluding hydrogens is 356 g/mol. The molecule has 0 aromatic carbocycles. The van der Waals surface area contributed by atoms with Gasteiger partial charge < -0.3 is 20.1 Å². The smallest absolute Gasteiger partial charge is 0.331 e. The fourth-order valence-electron chi connectivity index (χ4n) is 5.55. The molecule has 0 saturated carbocycles. The van der Waals surface area contributed by atoms with Crippen LogP contribution >= 0.6 is 0 Å². The van der Waals surface area contributed by atoms with Gasteiger partial charge in [0, 0.05) is 37.8 Å². The van der Waals surface area contributed by atoms with Crippen LogP contribution in [0.1, 0.15) is 81.1 Å². The summed E-state index contributed by atoms with van der Waals surface area (Å²) in [6.07, 6.45) is 5.30. The minimum atomic E-state index is -0.479. The van der Waals surface area contributed by atoms with Crippen molar-refractivity contribution in [2.75, 3.05) is 0 Å². The average Bonchev–Trinajstić information content (AvgIpc) is 2.37. The van der Waals surface area contributed by atoms with Crippen molar-refractivity contribution < 1.29 is 29.7 Å². The summed E-state index contributed by atoms with van der Waals surface area (Å²) in [4.78, 5) is 24.4. The molecule has 2 rings (SSSR count). The van der Waals surface area contributed by atoms with Crippen LogP contribution in [0.3, 0.4) is 0 Å². The molecule has 0 aliphatic carbocycles. The molecule has 2 aliphatic heterocycles. The van der Waals surface area contributed by atoms with Crippen LogP contribution < -0.4 is 10.6 Å². The number of carbonyl (C=O) groups excluding carboxylic acids is 2. The number of hydrogen-bond donors (Lipinski definition) is 2. The van der Waals surface area contributed by atoms with Gasteiger partial charge in [0.1, 0.15) is 12.2 Å². The number of nitrogens with two attached hydrogens (primary N) is 2. The number of rotatable bonds is 4. The quantitative estimate of drug-likeness (QED) is 0.552. The molecule has 0 aromatic rings. The summed E-state index contributed by atoms with van der Waals surface area (Å²) in [6.45, 7) is 17.3. The Morgan fingerprint density at radius 2 is 0.893 bits per heavy atom. The predicted molar refractivity (Wildman–Crippen MR) is 108 cm³/mol. The maximum absolute atomic E-state index is 12.2. The lowest BCUT2D eigenvalue weighted by atomic mass is 9.81. The van der Waals surface area contributed by atoms with E-state index in [0.717, 1.165) is 25.7 Å². The van der Waals surface area contributed by atoms with Crippen LogP contribution in [-0.2, 0) is 19.1 Å². The van der Waals surface area contributed by atoms with Gasteiger partial charge in [0.15, 0.2) is 0 Å². The van der Waals surface area contributed by atoms with Crippen LogP contribution in [0, 0.1) is 0 Å². The van der Waals surface area contributed by atoms with E-state index in [1.165, 1.54) is 12.2 Å². The molecule has 0 amide bonds. The van der Waals surface area contributed by atoms with Crippen molar-refractivity contribution in [1.82, 2.24) is 0 Å². The first-order chi connectivity index (χ1) is 12.6. The first kappa shape index (κ1) is 22.9. The number of carbonyl (C=O) groups is 2. The molecule has 2 aliphatic rings. The molecule has 4 N–H and O–H groups in total. The highest BCUT2D eigenvalue weighted by Crippen LogP contribution is 2.25. The standard InChI is InChI=1S/C22H38N2O4/c1-19(2)11-15(12-20(3,4)23-19)27-17(25)9-10-18(26)28-16-13-21(5,6)24-22(7,8)14-16/h9-10,15-16,23-24H,11-14H2,1-8H3/p+2/b10-9+. The minimum absolute atomic E-state index is 0.0208. The van der Waals surface area contributed by atoms with Crippen molar-refractivity contribution in [3.63, 3.8) is 0 Å². The van der Waals surface area contributed by atoms with Crippen LogP contribution in [0.4, 0.5) is 0 Å². The van der Waals surface area contributed by atoms with Gasteiger partial charge in [0.2, 0.25) is 0 Å². The van der Waals surface area contributed by atoms with E-state index in [1.807, 2.05) is 0 Å². The summed E-state index contributed by atoms with van der Waals surface area (Å²) in [5.74, 6) is -0.957. The van der Waals surface area contributed by atoms with E-state index in [9.17, 15) is 9.59 Å². The molecule has 0 spiro atoms. The highest BCUT2D eigenvalue weighted by atomic mass is 16.5. The lowest BCUT2D eigenvalue weighted by Crippen LogP contribution is -3.06. The largest absolute Gasteiger partial charge is 0.459 e. The van der Waals surface area contributed by atoms with Crippen LogP contribution in [0.25, 0.3) is 0 Å². The van der Waals surface area contributed by atoms with Gasteiger partial charge in [-0.15, -0.1) is 0 Å². The van der Waals surface area contributed by atoms with E-state index in [2.05, 4.69) is 66.0 Å². The van der Waals surface area contributed by atoms with Crippen molar-refractivity contribution in [2.24, 2.45) is 0 Å². The highest BCUT2D eigenvalue weighted by molar-refractivity contribution is 5.91. The highest BCUT2D eigenvalue weighted by Gasteiger charge is 2.44. The van der Waals surface area contributed by atoms with Gasteiger partial charge in [-0.3, -0.25) is 0 Å². The Labute approximate surface area is 169 Å². The molecule has 0 bridgehead atoms. The Morgan fingerprint density at radius 3 is 1.14 bits per heavy atom. The zero-order chi connectivity index (χ0) is 21.4. The van der Waals surface area contributed by atoms with Crippen molar-refractivity contribution >= 4 is 11.9 Å². The van der Waals surface area contributed by atoms with Crippen molar-refractivity contribution in [3.8, 4) is 0 Å².